The fourth-order valence-corrected chi connectivity index (χ4v) is 4.12. The van der Waals surface area contributed by atoms with E-state index < -0.39 is 0 Å². The molecule has 2 aliphatic carbocycles. The maximum absolute atomic E-state index is 12.6. The van der Waals surface area contributed by atoms with Crippen molar-refractivity contribution in [2.24, 2.45) is 17.8 Å². The summed E-state index contributed by atoms with van der Waals surface area (Å²) in [5.41, 5.74) is 0. The van der Waals surface area contributed by atoms with Crippen molar-refractivity contribution in [2.45, 2.75) is 31.7 Å². The first-order valence-corrected chi connectivity index (χ1v) is 8.30. The van der Waals surface area contributed by atoms with Crippen LogP contribution in [0.25, 0.3) is 0 Å². The molecule has 0 unspecified atom stereocenters. The minimum Gasteiger partial charge on any atom is -0.351 e. The lowest BCUT2D eigenvalue weighted by atomic mass is 9.92. The van der Waals surface area contributed by atoms with Gasteiger partial charge in [-0.3, -0.25) is 4.79 Å². The maximum atomic E-state index is 12.6. The number of fused-ring (bicyclic) bond motifs is 2. The quantitative estimate of drug-likeness (QED) is 0.864. The van der Waals surface area contributed by atoms with E-state index in [0.29, 0.717) is 11.8 Å². The molecule has 4 rings (SSSR count). The molecule has 1 aliphatic heterocycles. The van der Waals surface area contributed by atoms with E-state index in [1.165, 1.54) is 6.42 Å². The normalized spacial score (nSPS) is 33.2. The molecule has 2 fully saturated rings. The van der Waals surface area contributed by atoms with Crippen molar-refractivity contribution in [3.63, 3.8) is 0 Å². The molecule has 2 bridgehead atoms. The Morgan fingerprint density at radius 2 is 2.09 bits per heavy atom. The zero-order valence-electron chi connectivity index (χ0n) is 12.7. The van der Waals surface area contributed by atoms with E-state index in [0.717, 1.165) is 38.3 Å². The molecule has 1 N–H and O–H groups in total. The molecule has 0 radical (unpaired) electrons. The number of piperidine rings is 1. The molecule has 1 aromatic rings. The van der Waals surface area contributed by atoms with Crippen LogP contribution in [0.4, 0.5) is 5.95 Å². The van der Waals surface area contributed by atoms with E-state index in [1.807, 2.05) is 6.07 Å². The second-order valence-electron chi connectivity index (χ2n) is 6.73. The molecule has 1 aromatic heterocycles. The summed E-state index contributed by atoms with van der Waals surface area (Å²) in [5.74, 6) is 2.32. The van der Waals surface area contributed by atoms with E-state index in [9.17, 15) is 4.79 Å². The fraction of sp³-hybridized carbons (Fsp3) is 0.588. The number of allylic oxidation sites excluding steroid dienone is 2. The third-order valence-electron chi connectivity index (χ3n) is 5.22. The third kappa shape index (κ3) is 2.60. The molecule has 3 aliphatic rings. The largest absolute Gasteiger partial charge is 0.351 e. The number of carbonyl (C=O) groups is 1. The lowest BCUT2D eigenvalue weighted by molar-refractivity contribution is -0.126. The van der Waals surface area contributed by atoms with Gasteiger partial charge in [0.25, 0.3) is 0 Å². The van der Waals surface area contributed by atoms with Crippen LogP contribution in [0, 0.1) is 17.8 Å². The van der Waals surface area contributed by atoms with Crippen LogP contribution < -0.4 is 10.2 Å². The van der Waals surface area contributed by atoms with Crippen molar-refractivity contribution in [1.29, 1.82) is 0 Å². The average Bonchev–Trinajstić information content (AvgIpc) is 3.19. The van der Waals surface area contributed by atoms with Gasteiger partial charge in [-0.1, -0.05) is 12.2 Å². The summed E-state index contributed by atoms with van der Waals surface area (Å²) < 4.78 is 0. The van der Waals surface area contributed by atoms with Crippen molar-refractivity contribution >= 4 is 11.9 Å². The highest BCUT2D eigenvalue weighted by molar-refractivity contribution is 5.80. The number of aromatic nitrogens is 2. The van der Waals surface area contributed by atoms with Gasteiger partial charge in [-0.15, -0.1) is 0 Å². The van der Waals surface area contributed by atoms with E-state index in [1.54, 1.807) is 12.4 Å². The van der Waals surface area contributed by atoms with E-state index in [4.69, 9.17) is 0 Å². The number of nitrogens with zero attached hydrogens (tertiary/aromatic N) is 3. The summed E-state index contributed by atoms with van der Waals surface area (Å²) in [6.45, 7) is 1.78. The molecule has 22 heavy (non-hydrogen) atoms. The lowest BCUT2D eigenvalue weighted by Crippen LogP contribution is -2.50. The Kier molecular flexibility index (Phi) is 3.56. The number of anilines is 1. The molecule has 1 saturated heterocycles. The molecule has 0 spiro atoms. The predicted octanol–water partition coefficient (Wildman–Crippen LogP) is 1.77. The van der Waals surface area contributed by atoms with E-state index >= 15 is 0 Å². The first-order valence-electron chi connectivity index (χ1n) is 8.30. The van der Waals surface area contributed by atoms with Crippen molar-refractivity contribution in [3.05, 3.63) is 30.6 Å². The molecule has 2 heterocycles. The van der Waals surface area contributed by atoms with Gasteiger partial charge >= 0.3 is 0 Å². The monoisotopic (exact) mass is 298 g/mol. The molecule has 5 heteroatoms. The summed E-state index contributed by atoms with van der Waals surface area (Å²) in [6.07, 6.45) is 12.4. The highest BCUT2D eigenvalue weighted by Gasteiger charge is 2.40. The van der Waals surface area contributed by atoms with Gasteiger partial charge in [0.1, 0.15) is 0 Å². The lowest BCUT2D eigenvalue weighted by Gasteiger charge is -2.34. The Balaban J connectivity index is 1.37. The van der Waals surface area contributed by atoms with E-state index in [2.05, 4.69) is 32.3 Å². The minimum atomic E-state index is 0.193. The van der Waals surface area contributed by atoms with Gasteiger partial charge in [-0.2, -0.15) is 0 Å². The Morgan fingerprint density at radius 3 is 2.82 bits per heavy atom. The topological polar surface area (TPSA) is 58.1 Å². The second kappa shape index (κ2) is 5.71. The highest BCUT2D eigenvalue weighted by atomic mass is 16.2. The van der Waals surface area contributed by atoms with Crippen molar-refractivity contribution in [1.82, 2.24) is 15.3 Å². The molecular formula is C17H22N4O. The van der Waals surface area contributed by atoms with Crippen LogP contribution in [0.2, 0.25) is 0 Å². The van der Waals surface area contributed by atoms with Gasteiger partial charge in [0.05, 0.1) is 0 Å². The van der Waals surface area contributed by atoms with Crippen LogP contribution in [0.1, 0.15) is 25.7 Å². The summed E-state index contributed by atoms with van der Waals surface area (Å²) in [6, 6.07) is 2.04. The van der Waals surface area contributed by atoms with Gasteiger partial charge < -0.3 is 10.2 Å². The van der Waals surface area contributed by atoms with E-state index in [-0.39, 0.29) is 17.9 Å². The Morgan fingerprint density at radius 1 is 1.23 bits per heavy atom. The number of nitrogens with one attached hydrogen (secondary N) is 1. The Bertz CT molecular complexity index is 573. The molecule has 0 aromatic carbocycles. The van der Waals surface area contributed by atoms with Crippen LogP contribution in [0.5, 0.6) is 0 Å². The van der Waals surface area contributed by atoms with Crippen LogP contribution in [0.3, 0.4) is 0 Å². The molecule has 4 atom stereocenters. The highest BCUT2D eigenvalue weighted by Crippen LogP contribution is 2.43. The fourth-order valence-electron chi connectivity index (χ4n) is 4.12. The van der Waals surface area contributed by atoms with Crippen LogP contribution in [-0.2, 0) is 4.79 Å². The maximum Gasteiger partial charge on any atom is 0.225 e. The first kappa shape index (κ1) is 13.7. The van der Waals surface area contributed by atoms with Crippen LogP contribution >= 0.6 is 0 Å². The summed E-state index contributed by atoms with van der Waals surface area (Å²) in [7, 11) is 0. The molecule has 5 nitrogen and oxygen atoms in total. The van der Waals surface area contributed by atoms with Gasteiger partial charge in [0.2, 0.25) is 11.9 Å². The predicted molar refractivity (Wildman–Crippen MR) is 84.3 cm³/mol. The SMILES string of the molecule is O=C(N[C@H]1CCCN(c2ncccn2)C1)[C@@H]1C[C@H]2C=C[C@H]1C2. The average molecular weight is 298 g/mol. The van der Waals surface area contributed by atoms with Gasteiger partial charge in [0.15, 0.2) is 0 Å². The minimum absolute atomic E-state index is 0.193. The number of rotatable bonds is 3. The number of hydrogen-bond donors (Lipinski definition) is 1. The van der Waals surface area contributed by atoms with Gasteiger partial charge in [0, 0.05) is 37.4 Å². The number of hydrogen-bond acceptors (Lipinski definition) is 4. The Labute approximate surface area is 130 Å². The van der Waals surface area contributed by atoms with Crippen LogP contribution in [-0.4, -0.2) is 35.0 Å². The van der Waals surface area contributed by atoms with Crippen molar-refractivity contribution in [3.8, 4) is 0 Å². The zero-order valence-corrected chi connectivity index (χ0v) is 12.7. The van der Waals surface area contributed by atoms with Gasteiger partial charge in [-0.05, 0) is 43.6 Å². The molecular weight excluding hydrogens is 276 g/mol. The van der Waals surface area contributed by atoms with Crippen molar-refractivity contribution < 1.29 is 4.79 Å². The molecule has 1 amide bonds. The molecule has 1 saturated carbocycles. The van der Waals surface area contributed by atoms with Crippen molar-refractivity contribution in [2.75, 3.05) is 18.0 Å². The molecule has 116 valence electrons. The second-order valence-corrected chi connectivity index (χ2v) is 6.73. The summed E-state index contributed by atoms with van der Waals surface area (Å²) in [5, 5.41) is 3.28. The standard InChI is InChI=1S/C17H22N4O/c22-16(15-10-12-4-5-13(15)9-12)20-14-3-1-8-21(11-14)17-18-6-2-7-19-17/h2,4-7,12-15H,1,3,8-11H2,(H,20,22)/t12-,13-,14-,15+/m0/s1. The smallest absolute Gasteiger partial charge is 0.225 e. The summed E-state index contributed by atoms with van der Waals surface area (Å²) in [4.78, 5) is 23.4. The van der Waals surface area contributed by atoms with Gasteiger partial charge in [-0.25, -0.2) is 9.97 Å². The summed E-state index contributed by atoms with van der Waals surface area (Å²) >= 11 is 0. The first-order chi connectivity index (χ1) is 10.8. The number of amides is 1. The third-order valence-corrected chi connectivity index (χ3v) is 5.22. The zero-order chi connectivity index (χ0) is 14.9. The number of carbonyl (C=O) groups excluding carboxylic acids is 1. The Hall–Kier alpha value is -1.91. The van der Waals surface area contributed by atoms with Crippen LogP contribution in [0.15, 0.2) is 30.6 Å².